The second-order valence-electron chi connectivity index (χ2n) is 7.70. The third-order valence-electron chi connectivity index (χ3n) is 7.30. The molecule has 0 aromatic heterocycles. The summed E-state index contributed by atoms with van der Waals surface area (Å²) in [6, 6.07) is 10.4. The molecule has 3 fully saturated rings. The van der Waals surface area contributed by atoms with E-state index in [2.05, 4.69) is 24.3 Å². The number of fused-ring (bicyclic) bond motifs is 5. The average Bonchev–Trinajstić information content (AvgIpc) is 3.22. The molecule has 0 radical (unpaired) electrons. The molecule has 2 heteroatoms. The van der Waals surface area contributed by atoms with Crippen molar-refractivity contribution in [2.24, 2.45) is 33.9 Å². The maximum absolute atomic E-state index is 4.80. The zero-order valence-corrected chi connectivity index (χ0v) is 11.7. The molecule has 8 atom stereocenters. The lowest BCUT2D eigenvalue weighted by Crippen LogP contribution is -2.53. The van der Waals surface area contributed by atoms with Gasteiger partial charge in [0.05, 0.1) is 12.1 Å². The van der Waals surface area contributed by atoms with E-state index in [1.807, 2.05) is 0 Å². The van der Waals surface area contributed by atoms with Crippen LogP contribution in [-0.2, 0) is 0 Å². The standard InChI is InChI=1S/C18H20N2/c1-2-5-10-9(4-1)13-8-14(10)16-15(13)17-11-6-3-7-12(11)18(16)20-19-17/h1-2,4-5,11-18H,3,6-8H2/t11-,12+,13-,14+,15+,16-,17-,18+. The number of hydrogen-bond donors (Lipinski definition) is 0. The summed E-state index contributed by atoms with van der Waals surface area (Å²) in [4.78, 5) is 0. The smallest absolute Gasteiger partial charge is 0.0777 e. The summed E-state index contributed by atoms with van der Waals surface area (Å²) >= 11 is 0. The summed E-state index contributed by atoms with van der Waals surface area (Å²) in [5, 5.41) is 9.60. The van der Waals surface area contributed by atoms with E-state index in [1.54, 1.807) is 11.1 Å². The summed E-state index contributed by atoms with van der Waals surface area (Å²) in [5.41, 5.74) is 3.33. The third kappa shape index (κ3) is 1.00. The Morgan fingerprint density at radius 3 is 1.90 bits per heavy atom. The van der Waals surface area contributed by atoms with Gasteiger partial charge >= 0.3 is 0 Å². The SMILES string of the molecule is c1ccc2c(c1)[C@H]1C[C@@H]2[C@H]2[C@H]3N=N[C@H]([C@@H]4CCC[C@@H]43)[C@H]21. The van der Waals surface area contributed by atoms with Gasteiger partial charge in [0, 0.05) is 0 Å². The fourth-order valence-electron chi connectivity index (χ4n) is 6.83. The highest BCUT2D eigenvalue weighted by atomic mass is 15.2. The van der Waals surface area contributed by atoms with Crippen molar-refractivity contribution in [1.29, 1.82) is 0 Å². The summed E-state index contributed by atoms with van der Waals surface area (Å²) in [6.07, 6.45) is 5.67. The van der Waals surface area contributed by atoms with E-state index < -0.39 is 0 Å². The molecule has 2 aliphatic heterocycles. The summed E-state index contributed by atoms with van der Waals surface area (Å²) in [6.45, 7) is 0. The van der Waals surface area contributed by atoms with Crippen molar-refractivity contribution in [2.75, 3.05) is 0 Å². The Balaban J connectivity index is 1.53. The van der Waals surface area contributed by atoms with Crippen LogP contribution in [-0.4, -0.2) is 12.1 Å². The molecule has 4 bridgehead atoms. The van der Waals surface area contributed by atoms with Crippen LogP contribution in [0.3, 0.4) is 0 Å². The molecule has 0 unspecified atom stereocenters. The lowest BCUT2D eigenvalue weighted by molar-refractivity contribution is 0.0416. The Kier molecular flexibility index (Phi) is 1.76. The maximum atomic E-state index is 4.80. The highest BCUT2D eigenvalue weighted by Crippen LogP contribution is 2.68. The highest BCUT2D eigenvalue weighted by molar-refractivity contribution is 5.45. The number of azo groups is 1. The highest BCUT2D eigenvalue weighted by Gasteiger charge is 2.64. The molecule has 2 heterocycles. The van der Waals surface area contributed by atoms with E-state index in [9.17, 15) is 0 Å². The van der Waals surface area contributed by atoms with Gasteiger partial charge in [0.1, 0.15) is 0 Å². The summed E-state index contributed by atoms with van der Waals surface area (Å²) in [7, 11) is 0. The number of benzene rings is 1. The third-order valence-corrected chi connectivity index (χ3v) is 7.30. The van der Waals surface area contributed by atoms with E-state index in [0.717, 1.165) is 35.5 Å². The van der Waals surface area contributed by atoms with Gasteiger partial charge in [-0.15, -0.1) is 0 Å². The lowest BCUT2D eigenvalue weighted by Gasteiger charge is -2.51. The van der Waals surface area contributed by atoms with Crippen molar-refractivity contribution in [3.8, 4) is 0 Å². The van der Waals surface area contributed by atoms with E-state index >= 15 is 0 Å². The average molecular weight is 264 g/mol. The second-order valence-corrected chi connectivity index (χ2v) is 7.70. The van der Waals surface area contributed by atoms with Crippen LogP contribution < -0.4 is 0 Å². The molecule has 1 aromatic rings. The zero-order chi connectivity index (χ0) is 12.8. The number of rotatable bonds is 0. The minimum Gasteiger partial charge on any atom is -0.190 e. The Labute approximate surface area is 119 Å². The zero-order valence-electron chi connectivity index (χ0n) is 11.7. The normalized spacial score (nSPS) is 53.0. The fourth-order valence-corrected chi connectivity index (χ4v) is 6.83. The first kappa shape index (κ1) is 10.5. The first-order valence-corrected chi connectivity index (χ1v) is 8.42. The van der Waals surface area contributed by atoms with Crippen LogP contribution in [0.2, 0.25) is 0 Å². The monoisotopic (exact) mass is 264 g/mol. The summed E-state index contributed by atoms with van der Waals surface area (Å²) < 4.78 is 0. The van der Waals surface area contributed by atoms with Gasteiger partial charge in [-0.1, -0.05) is 30.7 Å². The number of nitrogens with zero attached hydrogens (tertiary/aromatic N) is 2. The van der Waals surface area contributed by atoms with Crippen LogP contribution in [0, 0.1) is 23.7 Å². The van der Waals surface area contributed by atoms with E-state index in [1.165, 1.54) is 25.7 Å². The van der Waals surface area contributed by atoms with Crippen LogP contribution in [0.4, 0.5) is 0 Å². The van der Waals surface area contributed by atoms with Gasteiger partial charge in [0.15, 0.2) is 0 Å². The Morgan fingerprint density at radius 1 is 0.800 bits per heavy atom. The van der Waals surface area contributed by atoms with Crippen molar-refractivity contribution < 1.29 is 0 Å². The van der Waals surface area contributed by atoms with Gasteiger partial charge in [-0.3, -0.25) is 0 Å². The van der Waals surface area contributed by atoms with Gasteiger partial charge < -0.3 is 0 Å². The van der Waals surface area contributed by atoms with Crippen molar-refractivity contribution in [3.63, 3.8) is 0 Å². The molecular weight excluding hydrogens is 244 g/mol. The molecule has 4 aliphatic carbocycles. The summed E-state index contributed by atoms with van der Waals surface area (Å²) in [5.74, 6) is 5.02. The van der Waals surface area contributed by atoms with Crippen LogP contribution in [0.25, 0.3) is 0 Å². The molecule has 0 N–H and O–H groups in total. The molecule has 3 saturated carbocycles. The molecule has 7 rings (SSSR count). The molecule has 0 spiro atoms. The van der Waals surface area contributed by atoms with E-state index in [0.29, 0.717) is 12.1 Å². The first-order chi connectivity index (χ1) is 9.93. The van der Waals surface area contributed by atoms with Crippen LogP contribution in [0.1, 0.15) is 48.6 Å². The predicted octanol–water partition coefficient (Wildman–Crippen LogP) is 4.14. The largest absolute Gasteiger partial charge is 0.190 e. The van der Waals surface area contributed by atoms with Crippen molar-refractivity contribution >= 4 is 0 Å². The lowest BCUT2D eigenvalue weighted by atomic mass is 9.58. The Hall–Kier alpha value is -1.18. The van der Waals surface area contributed by atoms with Gasteiger partial charge in [0.25, 0.3) is 0 Å². The minimum absolute atomic E-state index is 0.570. The molecule has 0 saturated heterocycles. The Morgan fingerprint density at radius 2 is 1.35 bits per heavy atom. The molecular formula is C18H20N2. The Bertz CT molecular complexity index is 571. The molecule has 0 amide bonds. The minimum atomic E-state index is 0.570. The molecule has 6 aliphatic rings. The van der Waals surface area contributed by atoms with Crippen LogP contribution in [0.5, 0.6) is 0 Å². The van der Waals surface area contributed by atoms with Crippen molar-refractivity contribution in [2.45, 2.75) is 49.6 Å². The van der Waals surface area contributed by atoms with Gasteiger partial charge in [0.2, 0.25) is 0 Å². The van der Waals surface area contributed by atoms with Crippen molar-refractivity contribution in [3.05, 3.63) is 35.4 Å². The van der Waals surface area contributed by atoms with Crippen LogP contribution >= 0.6 is 0 Å². The number of hydrogen-bond acceptors (Lipinski definition) is 2. The first-order valence-electron chi connectivity index (χ1n) is 8.42. The van der Waals surface area contributed by atoms with Crippen molar-refractivity contribution in [1.82, 2.24) is 0 Å². The quantitative estimate of drug-likeness (QED) is 0.673. The van der Waals surface area contributed by atoms with E-state index in [-0.39, 0.29) is 0 Å². The van der Waals surface area contributed by atoms with Crippen LogP contribution in [0.15, 0.2) is 34.5 Å². The topological polar surface area (TPSA) is 24.7 Å². The molecule has 1 aromatic carbocycles. The van der Waals surface area contributed by atoms with Gasteiger partial charge in [-0.25, -0.2) is 0 Å². The van der Waals surface area contributed by atoms with Gasteiger partial charge in [-0.2, -0.15) is 10.2 Å². The maximum Gasteiger partial charge on any atom is 0.0777 e. The molecule has 20 heavy (non-hydrogen) atoms. The second kappa shape index (κ2) is 3.35. The molecule has 2 nitrogen and oxygen atoms in total. The predicted molar refractivity (Wildman–Crippen MR) is 76.8 cm³/mol. The van der Waals surface area contributed by atoms with E-state index in [4.69, 9.17) is 10.2 Å². The van der Waals surface area contributed by atoms with Gasteiger partial charge in [-0.05, 0) is 65.9 Å². The molecule has 102 valence electrons. The fraction of sp³-hybridized carbons (Fsp3) is 0.667.